The molecule has 0 fully saturated rings. The molecule has 26 heavy (non-hydrogen) atoms. The molecule has 0 radical (unpaired) electrons. The van der Waals surface area contributed by atoms with Crippen LogP contribution in [0.1, 0.15) is 22.8 Å². The van der Waals surface area contributed by atoms with Gasteiger partial charge in [-0.15, -0.1) is 0 Å². The fourth-order valence-corrected chi connectivity index (χ4v) is 2.47. The smallest absolute Gasteiger partial charge is 0.248 e. The first kappa shape index (κ1) is 19.3. The van der Waals surface area contributed by atoms with Crippen LogP contribution < -0.4 is 20.5 Å². The Morgan fingerprint density at radius 2 is 1.92 bits per heavy atom. The van der Waals surface area contributed by atoms with Gasteiger partial charge in [0.15, 0.2) is 11.5 Å². The normalized spacial score (nSPS) is 10.6. The summed E-state index contributed by atoms with van der Waals surface area (Å²) in [6, 6.07) is 9.69. The van der Waals surface area contributed by atoms with Crippen molar-refractivity contribution in [1.82, 2.24) is 0 Å². The number of benzene rings is 2. The molecule has 2 aromatic carbocycles. The molecule has 0 aliphatic carbocycles. The monoisotopic (exact) mass is 374 g/mol. The minimum atomic E-state index is -0.524. The number of ether oxygens (including phenoxy) is 2. The first-order chi connectivity index (χ1) is 12.4. The van der Waals surface area contributed by atoms with Gasteiger partial charge in [-0.1, -0.05) is 11.6 Å². The van der Waals surface area contributed by atoms with E-state index < -0.39 is 5.91 Å². The summed E-state index contributed by atoms with van der Waals surface area (Å²) in [5, 5.41) is 3.08. The van der Waals surface area contributed by atoms with Crippen molar-refractivity contribution in [3.63, 3.8) is 0 Å². The van der Waals surface area contributed by atoms with Gasteiger partial charge in [-0.3, -0.25) is 9.59 Å². The minimum absolute atomic E-state index is 0.333. The largest absolute Gasteiger partial charge is 0.493 e. The van der Waals surface area contributed by atoms with Crippen molar-refractivity contribution in [2.75, 3.05) is 19.0 Å². The molecule has 3 N–H and O–H groups in total. The SMILES string of the molecule is CCOc1c(Cl)cc(C=CC(=O)Nc2ccc(C(N)=O)cc2)cc1OC. The fourth-order valence-electron chi connectivity index (χ4n) is 2.19. The fraction of sp³-hybridized carbons (Fsp3) is 0.158. The summed E-state index contributed by atoms with van der Waals surface area (Å²) >= 11 is 6.20. The molecule has 0 aliphatic heterocycles. The van der Waals surface area contributed by atoms with Gasteiger partial charge in [0.05, 0.1) is 18.7 Å². The number of carbonyl (C=O) groups excluding carboxylic acids is 2. The van der Waals surface area contributed by atoms with Crippen molar-refractivity contribution < 1.29 is 19.1 Å². The van der Waals surface area contributed by atoms with Crippen LogP contribution in [0.25, 0.3) is 6.08 Å². The zero-order valence-electron chi connectivity index (χ0n) is 14.4. The number of nitrogens with two attached hydrogens (primary N) is 1. The van der Waals surface area contributed by atoms with E-state index in [1.54, 1.807) is 42.5 Å². The Morgan fingerprint density at radius 1 is 1.23 bits per heavy atom. The number of anilines is 1. The molecule has 0 aromatic heterocycles. The van der Waals surface area contributed by atoms with E-state index in [0.29, 0.717) is 39.9 Å². The van der Waals surface area contributed by atoms with Crippen molar-refractivity contribution in [3.05, 3.63) is 58.6 Å². The van der Waals surface area contributed by atoms with Crippen molar-refractivity contribution >= 4 is 35.2 Å². The first-order valence-electron chi connectivity index (χ1n) is 7.83. The molecule has 0 heterocycles. The second-order valence-electron chi connectivity index (χ2n) is 5.23. The number of halogens is 1. The third kappa shape index (κ3) is 5.00. The third-order valence-electron chi connectivity index (χ3n) is 3.40. The van der Waals surface area contributed by atoms with E-state index in [2.05, 4.69) is 5.32 Å². The van der Waals surface area contributed by atoms with Crippen molar-refractivity contribution in [2.45, 2.75) is 6.92 Å². The minimum Gasteiger partial charge on any atom is -0.493 e. The Kier molecular flexibility index (Phi) is 6.63. The molecule has 6 nitrogen and oxygen atoms in total. The lowest BCUT2D eigenvalue weighted by atomic mass is 10.1. The lowest BCUT2D eigenvalue weighted by Gasteiger charge is -2.11. The first-order valence-corrected chi connectivity index (χ1v) is 8.21. The molecule has 7 heteroatoms. The van der Waals surface area contributed by atoms with Gasteiger partial charge in [0.2, 0.25) is 11.8 Å². The van der Waals surface area contributed by atoms with Gasteiger partial charge in [-0.25, -0.2) is 0 Å². The summed E-state index contributed by atoms with van der Waals surface area (Å²) in [6.45, 7) is 2.31. The molecular weight excluding hydrogens is 356 g/mol. The highest BCUT2D eigenvalue weighted by atomic mass is 35.5. The number of hydrogen-bond donors (Lipinski definition) is 2. The Balaban J connectivity index is 2.09. The van der Waals surface area contributed by atoms with Gasteiger partial charge in [0, 0.05) is 17.3 Å². The van der Waals surface area contributed by atoms with E-state index in [0.717, 1.165) is 0 Å². The van der Waals surface area contributed by atoms with Crippen LogP contribution in [0.15, 0.2) is 42.5 Å². The Labute approximate surface area is 156 Å². The molecule has 0 saturated carbocycles. The maximum absolute atomic E-state index is 12.0. The molecule has 2 aromatic rings. The molecule has 0 aliphatic rings. The maximum Gasteiger partial charge on any atom is 0.248 e. The summed E-state index contributed by atoms with van der Waals surface area (Å²) in [7, 11) is 1.52. The quantitative estimate of drug-likeness (QED) is 0.726. The molecule has 0 unspecified atom stereocenters. The van der Waals surface area contributed by atoms with E-state index >= 15 is 0 Å². The van der Waals surface area contributed by atoms with Crippen LogP contribution >= 0.6 is 11.6 Å². The topological polar surface area (TPSA) is 90.6 Å². The highest BCUT2D eigenvalue weighted by Gasteiger charge is 2.10. The van der Waals surface area contributed by atoms with Crippen LogP contribution in [0.3, 0.4) is 0 Å². The zero-order chi connectivity index (χ0) is 19.1. The second kappa shape index (κ2) is 8.92. The number of amides is 2. The molecule has 136 valence electrons. The number of carbonyl (C=O) groups is 2. The Morgan fingerprint density at radius 3 is 2.50 bits per heavy atom. The van der Waals surface area contributed by atoms with Gasteiger partial charge < -0.3 is 20.5 Å². The summed E-state index contributed by atoms with van der Waals surface area (Å²) < 4.78 is 10.7. The van der Waals surface area contributed by atoms with Crippen molar-refractivity contribution in [1.29, 1.82) is 0 Å². The highest BCUT2D eigenvalue weighted by molar-refractivity contribution is 6.32. The number of methoxy groups -OCH3 is 1. The van der Waals surface area contributed by atoms with Crippen LogP contribution in [0.5, 0.6) is 11.5 Å². The molecule has 2 amide bonds. The van der Waals surface area contributed by atoms with Crippen LogP contribution in [-0.4, -0.2) is 25.5 Å². The number of rotatable bonds is 7. The zero-order valence-corrected chi connectivity index (χ0v) is 15.2. The van der Waals surface area contributed by atoms with Crippen LogP contribution in [0.4, 0.5) is 5.69 Å². The number of primary amides is 1. The third-order valence-corrected chi connectivity index (χ3v) is 3.69. The Hall–Kier alpha value is -2.99. The standard InChI is InChI=1S/C19H19ClN2O4/c1-3-26-18-15(20)10-12(11-16(18)25-2)4-9-17(23)22-14-7-5-13(6-8-14)19(21)24/h4-11H,3H2,1-2H3,(H2,21,24)(H,22,23). The summed E-state index contributed by atoms with van der Waals surface area (Å²) in [5.74, 6) is 0.0964. The summed E-state index contributed by atoms with van der Waals surface area (Å²) in [4.78, 5) is 23.1. The molecular formula is C19H19ClN2O4. The van der Waals surface area contributed by atoms with Crippen LogP contribution in [-0.2, 0) is 4.79 Å². The van der Waals surface area contributed by atoms with E-state index in [-0.39, 0.29) is 5.91 Å². The lowest BCUT2D eigenvalue weighted by molar-refractivity contribution is -0.111. The second-order valence-corrected chi connectivity index (χ2v) is 5.64. The van der Waals surface area contributed by atoms with E-state index in [1.165, 1.54) is 13.2 Å². The maximum atomic E-state index is 12.0. The highest BCUT2D eigenvalue weighted by Crippen LogP contribution is 2.36. The average molecular weight is 375 g/mol. The number of nitrogens with one attached hydrogen (secondary N) is 1. The van der Waals surface area contributed by atoms with E-state index in [1.807, 2.05) is 6.92 Å². The van der Waals surface area contributed by atoms with Crippen LogP contribution in [0, 0.1) is 0 Å². The molecule has 0 saturated heterocycles. The van der Waals surface area contributed by atoms with Crippen LogP contribution in [0.2, 0.25) is 5.02 Å². The van der Waals surface area contributed by atoms with Gasteiger partial charge in [0.1, 0.15) is 0 Å². The predicted molar refractivity (Wildman–Crippen MR) is 102 cm³/mol. The van der Waals surface area contributed by atoms with E-state index in [9.17, 15) is 9.59 Å². The molecule has 0 spiro atoms. The van der Waals surface area contributed by atoms with E-state index in [4.69, 9.17) is 26.8 Å². The predicted octanol–water partition coefficient (Wildman–Crippen LogP) is 3.50. The average Bonchev–Trinajstić information content (AvgIpc) is 2.62. The molecule has 0 bridgehead atoms. The Bertz CT molecular complexity index is 832. The number of hydrogen-bond acceptors (Lipinski definition) is 4. The van der Waals surface area contributed by atoms with Gasteiger partial charge in [-0.05, 0) is 55.0 Å². The molecule has 0 atom stereocenters. The van der Waals surface area contributed by atoms with Gasteiger partial charge in [0.25, 0.3) is 0 Å². The molecule has 2 rings (SSSR count). The lowest BCUT2D eigenvalue weighted by Crippen LogP contribution is -2.11. The van der Waals surface area contributed by atoms with Gasteiger partial charge >= 0.3 is 0 Å². The summed E-state index contributed by atoms with van der Waals surface area (Å²) in [6.07, 6.45) is 2.98. The van der Waals surface area contributed by atoms with Crippen molar-refractivity contribution in [2.24, 2.45) is 5.73 Å². The van der Waals surface area contributed by atoms with Gasteiger partial charge in [-0.2, -0.15) is 0 Å². The summed E-state index contributed by atoms with van der Waals surface area (Å²) in [5.41, 5.74) is 6.78. The van der Waals surface area contributed by atoms with Crippen molar-refractivity contribution in [3.8, 4) is 11.5 Å².